The van der Waals surface area contributed by atoms with Crippen LogP contribution in [-0.4, -0.2) is 50.9 Å². The number of hydrogen-bond acceptors (Lipinski definition) is 5. The number of hydrogen-bond donors (Lipinski definition) is 1. The van der Waals surface area contributed by atoms with Gasteiger partial charge >= 0.3 is 0 Å². The second-order valence-corrected chi connectivity index (χ2v) is 15.0. The molecule has 49 heavy (non-hydrogen) atoms. The van der Waals surface area contributed by atoms with Crippen molar-refractivity contribution in [2.24, 2.45) is 0 Å². The van der Waals surface area contributed by atoms with Crippen LogP contribution < -0.4 is 14.4 Å². The van der Waals surface area contributed by atoms with E-state index in [0.717, 1.165) is 53.1 Å². The monoisotopic (exact) mass is 701 g/mol. The van der Waals surface area contributed by atoms with Gasteiger partial charge in [0, 0.05) is 24.0 Å². The van der Waals surface area contributed by atoms with Gasteiger partial charge in [0.2, 0.25) is 11.8 Å². The van der Waals surface area contributed by atoms with Crippen LogP contribution in [0, 0.1) is 13.8 Å². The molecule has 1 N–H and O–H groups in total. The molecule has 1 aliphatic rings. The molecule has 1 atom stereocenters. The molecule has 0 radical (unpaired) electrons. The van der Waals surface area contributed by atoms with Crippen molar-refractivity contribution in [2.45, 2.75) is 75.9 Å². The quantitative estimate of drug-likeness (QED) is 0.159. The summed E-state index contributed by atoms with van der Waals surface area (Å²) in [4.78, 5) is 30.7. The SMILES string of the molecule is COc1cccc(CN(C(=O)CN(c2ccc(Cl)cc2C)S(=O)(=O)c2ccc(C)cc2)[C@H](Cc2ccccc2)C(=O)NC2CCCCC2)c1. The Morgan fingerprint density at radius 3 is 2.24 bits per heavy atom. The zero-order chi connectivity index (χ0) is 35.0. The second kappa shape index (κ2) is 16.4. The summed E-state index contributed by atoms with van der Waals surface area (Å²) in [6, 6.07) is 27.4. The van der Waals surface area contributed by atoms with E-state index in [-0.39, 0.29) is 29.8 Å². The van der Waals surface area contributed by atoms with Crippen molar-refractivity contribution in [2.75, 3.05) is 18.0 Å². The number of nitrogens with zero attached hydrogens (tertiary/aromatic N) is 2. The lowest BCUT2D eigenvalue weighted by molar-refractivity contribution is -0.140. The number of carbonyl (C=O) groups excluding carboxylic acids is 2. The van der Waals surface area contributed by atoms with Crippen LogP contribution in [0.15, 0.2) is 102 Å². The minimum Gasteiger partial charge on any atom is -0.497 e. The van der Waals surface area contributed by atoms with E-state index in [9.17, 15) is 18.0 Å². The number of benzene rings is 4. The molecular weight excluding hydrogens is 658 g/mol. The molecule has 0 aromatic heterocycles. The fourth-order valence-electron chi connectivity index (χ4n) is 6.32. The molecule has 4 aromatic rings. The first-order valence-corrected chi connectivity index (χ1v) is 18.5. The zero-order valence-electron chi connectivity index (χ0n) is 28.3. The predicted molar refractivity (Wildman–Crippen MR) is 194 cm³/mol. The van der Waals surface area contributed by atoms with Crippen molar-refractivity contribution in [1.29, 1.82) is 0 Å². The molecule has 1 aliphatic carbocycles. The Kier molecular flexibility index (Phi) is 12.0. The molecule has 0 bridgehead atoms. The lowest BCUT2D eigenvalue weighted by Crippen LogP contribution is -2.55. The summed E-state index contributed by atoms with van der Waals surface area (Å²) in [5.41, 5.74) is 3.44. The Morgan fingerprint density at radius 2 is 1.57 bits per heavy atom. The zero-order valence-corrected chi connectivity index (χ0v) is 29.8. The molecule has 0 unspecified atom stereocenters. The van der Waals surface area contributed by atoms with Gasteiger partial charge in [-0.05, 0) is 85.8 Å². The van der Waals surface area contributed by atoms with E-state index in [2.05, 4.69) is 5.32 Å². The number of nitrogens with one attached hydrogen (secondary N) is 1. The molecule has 0 saturated heterocycles. The number of rotatable bonds is 13. The van der Waals surface area contributed by atoms with Gasteiger partial charge in [0.25, 0.3) is 10.0 Å². The fourth-order valence-corrected chi connectivity index (χ4v) is 8.02. The molecular formula is C39H44ClN3O5S. The molecule has 258 valence electrons. The third kappa shape index (κ3) is 9.22. The summed E-state index contributed by atoms with van der Waals surface area (Å²) < 4.78 is 35.3. The van der Waals surface area contributed by atoms with E-state index in [4.69, 9.17) is 16.3 Å². The van der Waals surface area contributed by atoms with Crippen molar-refractivity contribution >= 4 is 39.1 Å². The van der Waals surface area contributed by atoms with E-state index in [1.807, 2.05) is 61.5 Å². The number of carbonyl (C=O) groups is 2. The highest BCUT2D eigenvalue weighted by atomic mass is 35.5. The average Bonchev–Trinajstić information content (AvgIpc) is 3.10. The maximum atomic E-state index is 14.8. The van der Waals surface area contributed by atoms with Crippen LogP contribution in [0.2, 0.25) is 5.02 Å². The van der Waals surface area contributed by atoms with Gasteiger partial charge in [-0.15, -0.1) is 0 Å². The van der Waals surface area contributed by atoms with Crippen LogP contribution in [0.3, 0.4) is 0 Å². The lowest BCUT2D eigenvalue weighted by Gasteiger charge is -2.35. The third-order valence-corrected chi connectivity index (χ3v) is 11.0. The number of halogens is 1. The Morgan fingerprint density at radius 1 is 0.878 bits per heavy atom. The van der Waals surface area contributed by atoms with Gasteiger partial charge in [-0.2, -0.15) is 0 Å². The molecule has 1 fully saturated rings. The van der Waals surface area contributed by atoms with Gasteiger partial charge in [-0.3, -0.25) is 13.9 Å². The Bertz CT molecular complexity index is 1840. The van der Waals surface area contributed by atoms with E-state index in [0.29, 0.717) is 22.0 Å². The number of anilines is 1. The Balaban J connectivity index is 1.59. The van der Waals surface area contributed by atoms with Gasteiger partial charge < -0.3 is 15.0 Å². The number of methoxy groups -OCH3 is 1. The number of sulfonamides is 1. The molecule has 0 heterocycles. The standard InChI is InChI=1S/C39H44ClN3O5S/c1-28-17-20-35(21-18-28)49(46,47)43(36-22-19-32(40)23-29(36)2)27-38(44)42(26-31-13-10-16-34(24-31)48-3)37(25-30-11-6-4-7-12-30)39(45)41-33-14-8-5-9-15-33/h4,6-7,10-13,16-24,33,37H,5,8-9,14-15,25-27H2,1-3H3,(H,41,45)/t37-/m1/s1. The first kappa shape index (κ1) is 36.0. The molecule has 10 heteroatoms. The number of aryl methyl sites for hydroxylation is 2. The van der Waals surface area contributed by atoms with Crippen molar-refractivity contribution < 1.29 is 22.7 Å². The normalized spacial score (nSPS) is 14.1. The average molecular weight is 702 g/mol. The third-order valence-electron chi connectivity index (χ3n) is 9.03. The topological polar surface area (TPSA) is 96.0 Å². The molecule has 8 nitrogen and oxygen atoms in total. The van der Waals surface area contributed by atoms with Crippen LogP contribution in [0.4, 0.5) is 5.69 Å². The van der Waals surface area contributed by atoms with Gasteiger partial charge in [0.05, 0.1) is 17.7 Å². The first-order chi connectivity index (χ1) is 23.5. The largest absolute Gasteiger partial charge is 0.497 e. The Labute approximate surface area is 295 Å². The summed E-state index contributed by atoms with van der Waals surface area (Å²) in [5.74, 6) is -0.174. The lowest BCUT2D eigenvalue weighted by atomic mass is 9.94. The van der Waals surface area contributed by atoms with Crippen molar-refractivity contribution in [1.82, 2.24) is 10.2 Å². The van der Waals surface area contributed by atoms with E-state index >= 15 is 0 Å². The first-order valence-electron chi connectivity index (χ1n) is 16.7. The second-order valence-electron chi connectivity index (χ2n) is 12.7. The van der Waals surface area contributed by atoms with Crippen LogP contribution in [0.5, 0.6) is 5.75 Å². The van der Waals surface area contributed by atoms with Gasteiger partial charge in [0.15, 0.2) is 0 Å². The van der Waals surface area contributed by atoms with Crippen LogP contribution in [0.25, 0.3) is 0 Å². The minimum atomic E-state index is -4.22. The van der Waals surface area contributed by atoms with E-state index < -0.39 is 28.5 Å². The predicted octanol–water partition coefficient (Wildman–Crippen LogP) is 7.25. The molecule has 4 aromatic carbocycles. The fraction of sp³-hybridized carbons (Fsp3) is 0.333. The van der Waals surface area contributed by atoms with Crippen molar-refractivity contribution in [3.63, 3.8) is 0 Å². The highest BCUT2D eigenvalue weighted by Crippen LogP contribution is 2.30. The maximum absolute atomic E-state index is 14.8. The number of amides is 2. The summed E-state index contributed by atoms with van der Waals surface area (Å²) in [6.07, 6.45) is 5.22. The van der Waals surface area contributed by atoms with Gasteiger partial charge in [-0.1, -0.05) is 91.0 Å². The van der Waals surface area contributed by atoms with E-state index in [1.165, 1.54) is 17.0 Å². The van der Waals surface area contributed by atoms with Crippen LogP contribution in [0.1, 0.15) is 54.4 Å². The molecule has 1 saturated carbocycles. The number of ether oxygens (including phenoxy) is 1. The summed E-state index contributed by atoms with van der Waals surface area (Å²) in [5, 5.41) is 3.69. The smallest absolute Gasteiger partial charge is 0.264 e. The minimum absolute atomic E-state index is 0.0171. The molecule has 2 amide bonds. The summed E-state index contributed by atoms with van der Waals surface area (Å²) in [6.45, 7) is 3.16. The van der Waals surface area contributed by atoms with E-state index in [1.54, 1.807) is 44.4 Å². The highest BCUT2D eigenvalue weighted by Gasteiger charge is 2.36. The maximum Gasteiger partial charge on any atom is 0.264 e. The highest BCUT2D eigenvalue weighted by molar-refractivity contribution is 7.92. The summed E-state index contributed by atoms with van der Waals surface area (Å²) in [7, 11) is -2.65. The van der Waals surface area contributed by atoms with Crippen LogP contribution in [-0.2, 0) is 32.6 Å². The molecule has 0 spiro atoms. The Hall–Kier alpha value is -4.34. The molecule has 5 rings (SSSR count). The van der Waals surface area contributed by atoms with Gasteiger partial charge in [0.1, 0.15) is 18.3 Å². The molecule has 0 aliphatic heterocycles. The summed E-state index contributed by atoms with van der Waals surface area (Å²) >= 11 is 6.28. The van der Waals surface area contributed by atoms with Crippen molar-refractivity contribution in [3.8, 4) is 5.75 Å². The van der Waals surface area contributed by atoms with Gasteiger partial charge in [-0.25, -0.2) is 8.42 Å². The van der Waals surface area contributed by atoms with Crippen LogP contribution >= 0.6 is 11.6 Å². The van der Waals surface area contributed by atoms with Crippen molar-refractivity contribution in [3.05, 3.63) is 124 Å².